The van der Waals surface area contributed by atoms with Crippen molar-refractivity contribution in [2.24, 2.45) is 5.11 Å². The van der Waals surface area contributed by atoms with Crippen LogP contribution in [0.1, 0.15) is 0 Å². The summed E-state index contributed by atoms with van der Waals surface area (Å²) in [6, 6.07) is 0. The molecule has 0 spiro atoms. The van der Waals surface area contributed by atoms with E-state index in [0.29, 0.717) is 0 Å². The van der Waals surface area contributed by atoms with Crippen molar-refractivity contribution in [1.82, 2.24) is 10.2 Å². The van der Waals surface area contributed by atoms with Gasteiger partial charge in [-0.25, -0.2) is 13.7 Å². The Balaban J connectivity index is 2.22. The highest BCUT2D eigenvalue weighted by Gasteiger charge is 2.57. The van der Waals surface area contributed by atoms with Crippen molar-refractivity contribution in [2.45, 2.75) is 24.2 Å². The zero-order valence-corrected chi connectivity index (χ0v) is 18.1. The molecule has 1 saturated heterocycles. The highest BCUT2D eigenvalue weighted by atomic mass is 31.3. The van der Waals surface area contributed by atoms with Gasteiger partial charge in [0.2, 0.25) is 5.72 Å². The van der Waals surface area contributed by atoms with Crippen molar-refractivity contribution < 1.29 is 66.2 Å². The van der Waals surface area contributed by atoms with Crippen LogP contribution >= 0.6 is 23.5 Å². The number of hydrogen-bond acceptors (Lipinski definition) is 12. The van der Waals surface area contributed by atoms with Gasteiger partial charge in [-0.3, -0.25) is 9.32 Å². The Hall–Kier alpha value is -1.65. The van der Waals surface area contributed by atoms with Crippen molar-refractivity contribution in [2.75, 3.05) is 6.61 Å². The minimum absolute atomic E-state index is 0.127. The number of phosphoric acid groups is 3. The van der Waals surface area contributed by atoms with E-state index in [9.17, 15) is 33.6 Å². The van der Waals surface area contributed by atoms with Gasteiger partial charge in [0.05, 0.1) is 6.61 Å². The Bertz CT molecular complexity index is 1010. The van der Waals surface area contributed by atoms with Gasteiger partial charge in [0.1, 0.15) is 18.0 Å². The normalized spacial score (nSPS) is 32.1. The summed E-state index contributed by atoms with van der Waals surface area (Å²) in [5.41, 5.74) is 6.17. The summed E-state index contributed by atoms with van der Waals surface area (Å²) in [5, 5.41) is 26.0. The Labute approximate surface area is 177 Å². The van der Waals surface area contributed by atoms with Crippen LogP contribution in [0.2, 0.25) is 0 Å². The molecule has 2 rings (SSSR count). The SMILES string of the molecule is C=C1NC(=O)C=CN1[C@@H]1O[C@@](COP(=O)(O)OP(=O)(O)OP(=O)(O)O)(N=[N+]=[N-])[C@@H](O)[C@H]1O. The molecule has 0 aromatic carbocycles. The number of rotatable bonds is 9. The first-order chi connectivity index (χ1) is 14.5. The second kappa shape index (κ2) is 9.30. The highest BCUT2D eigenvalue weighted by Crippen LogP contribution is 2.66. The van der Waals surface area contributed by atoms with Crippen LogP contribution in [-0.4, -0.2) is 71.4 Å². The molecule has 2 aliphatic rings. The zero-order chi connectivity index (χ0) is 24.5. The number of carbonyl (C=O) groups excluding carboxylic acids is 1. The molecule has 22 heteroatoms. The number of phosphoric ester groups is 1. The maximum Gasteiger partial charge on any atom is 0.490 e. The van der Waals surface area contributed by atoms with Crippen LogP contribution in [0.3, 0.4) is 0 Å². The molecule has 6 atom stereocenters. The third kappa shape index (κ3) is 6.45. The van der Waals surface area contributed by atoms with E-state index in [4.69, 9.17) is 24.9 Å². The van der Waals surface area contributed by atoms with E-state index < -0.39 is 60.1 Å². The van der Waals surface area contributed by atoms with Crippen LogP contribution in [0, 0.1) is 0 Å². The Kier molecular flexibility index (Phi) is 7.74. The molecule has 32 heavy (non-hydrogen) atoms. The van der Waals surface area contributed by atoms with E-state index in [-0.39, 0.29) is 5.82 Å². The fourth-order valence-electron chi connectivity index (χ4n) is 2.50. The monoisotopic (exact) mass is 523 g/mol. The predicted molar refractivity (Wildman–Crippen MR) is 96.8 cm³/mol. The molecule has 180 valence electrons. The minimum atomic E-state index is -5.84. The molecule has 2 aliphatic heterocycles. The van der Waals surface area contributed by atoms with E-state index >= 15 is 0 Å². The standard InChI is InChI=1S/C10H16N5O14P3/c1-5-12-6(16)2-3-15(5)9-7(17)8(18)10(27-9,13-14-11)4-26-31(22,23)29-32(24,25)28-30(19,20)21/h2-3,7-9,17-18H,1,4H2,(H,12,16)(H,22,23)(H,24,25)(H2,19,20,21)/t7-,8+,9-,10-/m1/s1. The summed E-state index contributed by atoms with van der Waals surface area (Å²) in [6.45, 7) is 2.11. The van der Waals surface area contributed by atoms with Crippen molar-refractivity contribution >= 4 is 29.4 Å². The number of hydrogen-bond donors (Lipinski definition) is 7. The average molecular weight is 523 g/mol. The van der Waals surface area contributed by atoms with Crippen LogP contribution in [0.5, 0.6) is 0 Å². The number of azide groups is 1. The first-order valence-corrected chi connectivity index (χ1v) is 12.4. The Morgan fingerprint density at radius 3 is 2.41 bits per heavy atom. The maximum atomic E-state index is 11.9. The summed E-state index contributed by atoms with van der Waals surface area (Å²) in [7, 11) is -17.1. The van der Waals surface area contributed by atoms with Gasteiger partial charge in [-0.2, -0.15) is 8.62 Å². The smallest absolute Gasteiger partial charge is 0.387 e. The molecule has 2 heterocycles. The lowest BCUT2D eigenvalue weighted by Crippen LogP contribution is -2.46. The van der Waals surface area contributed by atoms with Crippen molar-refractivity contribution in [3.05, 3.63) is 35.1 Å². The topological polar surface area (TPSA) is 291 Å². The number of aliphatic hydroxyl groups is 2. The van der Waals surface area contributed by atoms with Crippen molar-refractivity contribution in [3.8, 4) is 0 Å². The maximum absolute atomic E-state index is 11.9. The largest absolute Gasteiger partial charge is 0.490 e. The van der Waals surface area contributed by atoms with E-state index in [0.717, 1.165) is 17.2 Å². The van der Waals surface area contributed by atoms with Gasteiger partial charge in [0.25, 0.3) is 5.91 Å². The van der Waals surface area contributed by atoms with Gasteiger partial charge in [0, 0.05) is 17.2 Å². The second-order valence-corrected chi connectivity index (χ2v) is 10.4. The van der Waals surface area contributed by atoms with Gasteiger partial charge >= 0.3 is 23.5 Å². The fraction of sp³-hybridized carbons (Fsp3) is 0.500. The van der Waals surface area contributed by atoms with Gasteiger partial charge < -0.3 is 44.7 Å². The Morgan fingerprint density at radius 1 is 1.25 bits per heavy atom. The van der Waals surface area contributed by atoms with Gasteiger partial charge in [0.15, 0.2) is 6.23 Å². The lowest BCUT2D eigenvalue weighted by molar-refractivity contribution is -0.133. The fourth-order valence-corrected chi connectivity index (χ4v) is 5.54. The number of nitrogens with one attached hydrogen (secondary N) is 1. The number of nitrogens with zero attached hydrogens (tertiary/aromatic N) is 4. The van der Waals surface area contributed by atoms with Crippen molar-refractivity contribution in [1.29, 1.82) is 0 Å². The van der Waals surface area contributed by atoms with E-state index in [2.05, 4.69) is 35.1 Å². The van der Waals surface area contributed by atoms with Crippen molar-refractivity contribution in [3.63, 3.8) is 0 Å². The van der Waals surface area contributed by atoms with Crippen LogP contribution in [0.15, 0.2) is 29.8 Å². The van der Waals surface area contributed by atoms with Crippen LogP contribution in [0.4, 0.5) is 0 Å². The van der Waals surface area contributed by atoms with Crippen LogP contribution < -0.4 is 5.32 Å². The minimum Gasteiger partial charge on any atom is -0.387 e. The van der Waals surface area contributed by atoms with E-state index in [1.807, 2.05) is 0 Å². The zero-order valence-electron chi connectivity index (χ0n) is 15.4. The number of carbonyl (C=O) groups is 1. The molecule has 2 unspecified atom stereocenters. The molecule has 0 aromatic heterocycles. The molecule has 1 fully saturated rings. The molecule has 19 nitrogen and oxygen atoms in total. The van der Waals surface area contributed by atoms with E-state index in [1.165, 1.54) is 0 Å². The molecule has 0 aliphatic carbocycles. The molecular weight excluding hydrogens is 507 g/mol. The predicted octanol–water partition coefficient (Wildman–Crippen LogP) is -1.17. The number of aliphatic hydroxyl groups excluding tert-OH is 2. The average Bonchev–Trinajstić information content (AvgIpc) is 2.83. The lowest BCUT2D eigenvalue weighted by atomic mass is 10.1. The number of amides is 1. The summed E-state index contributed by atoms with van der Waals surface area (Å²) in [5.74, 6) is -0.702. The third-order valence-corrected chi connectivity index (χ3v) is 7.49. The Morgan fingerprint density at radius 2 is 1.88 bits per heavy atom. The summed E-state index contributed by atoms with van der Waals surface area (Å²) in [6.07, 6.45) is -3.51. The first kappa shape index (κ1) is 26.6. The number of ether oxygens (including phenoxy) is 1. The molecule has 0 radical (unpaired) electrons. The molecule has 0 saturated carbocycles. The molecular formula is C10H16N5O14P3. The summed E-state index contributed by atoms with van der Waals surface area (Å²) >= 11 is 0. The molecule has 1 amide bonds. The van der Waals surface area contributed by atoms with E-state index in [1.54, 1.807) is 0 Å². The highest BCUT2D eigenvalue weighted by molar-refractivity contribution is 7.66. The van der Waals surface area contributed by atoms with Gasteiger partial charge in [-0.15, -0.1) is 0 Å². The van der Waals surface area contributed by atoms with Gasteiger partial charge in [-0.05, 0) is 5.53 Å². The quantitative estimate of drug-likeness (QED) is 0.0811. The van der Waals surface area contributed by atoms with Crippen LogP contribution in [0.25, 0.3) is 10.4 Å². The van der Waals surface area contributed by atoms with Crippen LogP contribution in [-0.2, 0) is 36.4 Å². The second-order valence-electron chi connectivity index (χ2n) is 6.00. The first-order valence-electron chi connectivity index (χ1n) is 7.86. The molecule has 0 aromatic rings. The molecule has 7 N–H and O–H groups in total. The van der Waals surface area contributed by atoms with Gasteiger partial charge in [-0.1, -0.05) is 11.7 Å². The summed E-state index contributed by atoms with van der Waals surface area (Å²) < 4.78 is 50.6. The third-order valence-electron chi connectivity index (χ3n) is 3.71. The summed E-state index contributed by atoms with van der Waals surface area (Å²) in [4.78, 5) is 50.4. The lowest BCUT2D eigenvalue weighted by Gasteiger charge is -2.33. The molecule has 0 bridgehead atoms.